The Morgan fingerprint density at radius 3 is 2.71 bits per heavy atom. The van der Waals surface area contributed by atoms with Gasteiger partial charge in [0.1, 0.15) is 0 Å². The van der Waals surface area contributed by atoms with E-state index in [0.29, 0.717) is 10.2 Å². The van der Waals surface area contributed by atoms with Crippen molar-refractivity contribution in [3.63, 3.8) is 0 Å². The molecular formula is C17H17ClN4OS. The molecule has 124 valence electrons. The molecule has 0 aliphatic heterocycles. The number of hydrogen-bond donors (Lipinski definition) is 2. The first kappa shape index (κ1) is 16.7. The highest BCUT2D eigenvalue weighted by atomic mass is 35.5. The van der Waals surface area contributed by atoms with E-state index in [1.807, 2.05) is 55.4 Å². The van der Waals surface area contributed by atoms with Gasteiger partial charge in [-0.15, -0.1) is 0 Å². The largest absolute Gasteiger partial charge is 0.378 e. The van der Waals surface area contributed by atoms with Crippen LogP contribution in [-0.2, 0) is 4.79 Å². The zero-order chi connectivity index (χ0) is 17.1. The molecule has 24 heavy (non-hydrogen) atoms. The van der Waals surface area contributed by atoms with Crippen molar-refractivity contribution in [3.05, 3.63) is 47.5 Å². The molecule has 0 aliphatic rings. The van der Waals surface area contributed by atoms with Gasteiger partial charge in [-0.05, 0) is 42.5 Å². The standard InChI is InChI=1S/C17H17ClN4OS/c1-22(2)13-6-4-12(5-7-13)19-16(23)10-24-17-20-14-8-3-11(18)9-15(14)21-17/h3-9H,10H2,1-2H3,(H,19,23)(H,20,21). The highest BCUT2D eigenvalue weighted by Gasteiger charge is 2.08. The first-order valence-corrected chi connectivity index (χ1v) is 8.73. The Hall–Kier alpha value is -2.18. The number of nitrogens with one attached hydrogen (secondary N) is 2. The molecule has 0 saturated heterocycles. The van der Waals surface area contributed by atoms with E-state index in [-0.39, 0.29) is 11.7 Å². The maximum absolute atomic E-state index is 12.1. The maximum atomic E-state index is 12.1. The van der Waals surface area contributed by atoms with E-state index in [4.69, 9.17) is 11.6 Å². The van der Waals surface area contributed by atoms with E-state index in [2.05, 4.69) is 15.3 Å². The number of amides is 1. The third-order valence-electron chi connectivity index (χ3n) is 3.43. The van der Waals surface area contributed by atoms with Crippen molar-refractivity contribution in [2.45, 2.75) is 5.16 Å². The Bertz CT molecular complexity index is 861. The van der Waals surface area contributed by atoms with E-state index < -0.39 is 0 Å². The number of rotatable bonds is 5. The van der Waals surface area contributed by atoms with Gasteiger partial charge in [-0.3, -0.25) is 4.79 Å². The zero-order valence-electron chi connectivity index (χ0n) is 13.3. The van der Waals surface area contributed by atoms with Crippen molar-refractivity contribution in [2.24, 2.45) is 0 Å². The monoisotopic (exact) mass is 360 g/mol. The molecule has 0 radical (unpaired) electrons. The van der Waals surface area contributed by atoms with Gasteiger partial charge in [-0.1, -0.05) is 23.4 Å². The average molecular weight is 361 g/mol. The first-order valence-electron chi connectivity index (χ1n) is 7.36. The molecule has 0 aliphatic carbocycles. The number of carbonyl (C=O) groups is 1. The third kappa shape index (κ3) is 4.01. The van der Waals surface area contributed by atoms with Gasteiger partial charge in [-0.25, -0.2) is 4.98 Å². The summed E-state index contributed by atoms with van der Waals surface area (Å²) in [6.07, 6.45) is 0. The second-order valence-corrected chi connectivity index (χ2v) is 6.88. The molecule has 0 bridgehead atoms. The molecular weight excluding hydrogens is 344 g/mol. The predicted molar refractivity (Wildman–Crippen MR) is 101 cm³/mol. The van der Waals surface area contributed by atoms with Gasteiger partial charge in [-0.2, -0.15) is 0 Å². The van der Waals surface area contributed by atoms with Crippen LogP contribution in [0.3, 0.4) is 0 Å². The molecule has 1 heterocycles. The van der Waals surface area contributed by atoms with Crippen LogP contribution < -0.4 is 10.2 Å². The summed E-state index contributed by atoms with van der Waals surface area (Å²) in [4.78, 5) is 21.7. The highest BCUT2D eigenvalue weighted by Crippen LogP contribution is 2.22. The van der Waals surface area contributed by atoms with Crippen LogP contribution in [0.15, 0.2) is 47.6 Å². The molecule has 0 fully saturated rings. The molecule has 3 rings (SSSR count). The average Bonchev–Trinajstić information content (AvgIpc) is 2.95. The van der Waals surface area contributed by atoms with Crippen LogP contribution in [0.4, 0.5) is 11.4 Å². The summed E-state index contributed by atoms with van der Waals surface area (Å²) >= 11 is 7.31. The third-order valence-corrected chi connectivity index (χ3v) is 4.54. The number of H-pyrrole nitrogens is 1. The van der Waals surface area contributed by atoms with Crippen LogP contribution in [0.1, 0.15) is 0 Å². The normalized spacial score (nSPS) is 10.8. The smallest absolute Gasteiger partial charge is 0.234 e. The van der Waals surface area contributed by atoms with Gasteiger partial charge in [0.25, 0.3) is 0 Å². The fourth-order valence-electron chi connectivity index (χ4n) is 2.20. The van der Waals surface area contributed by atoms with Crippen molar-refractivity contribution in [1.82, 2.24) is 9.97 Å². The Kier molecular flexibility index (Phi) is 4.97. The lowest BCUT2D eigenvalue weighted by atomic mass is 10.2. The van der Waals surface area contributed by atoms with Crippen LogP contribution in [-0.4, -0.2) is 35.7 Å². The minimum absolute atomic E-state index is 0.0731. The molecule has 1 aromatic heterocycles. The Morgan fingerprint density at radius 1 is 1.25 bits per heavy atom. The molecule has 3 aromatic rings. The van der Waals surface area contributed by atoms with Gasteiger partial charge in [0.05, 0.1) is 16.8 Å². The number of aromatic nitrogens is 2. The van der Waals surface area contributed by atoms with Gasteiger partial charge in [0, 0.05) is 30.5 Å². The molecule has 7 heteroatoms. The quantitative estimate of drug-likeness (QED) is 0.675. The summed E-state index contributed by atoms with van der Waals surface area (Å²) in [5.74, 6) is 0.208. The van der Waals surface area contributed by atoms with Crippen molar-refractivity contribution in [2.75, 3.05) is 30.1 Å². The van der Waals surface area contributed by atoms with E-state index in [0.717, 1.165) is 22.4 Å². The number of imidazole rings is 1. The van der Waals surface area contributed by atoms with Crippen molar-refractivity contribution in [3.8, 4) is 0 Å². The fraction of sp³-hybridized carbons (Fsp3) is 0.176. The fourth-order valence-corrected chi connectivity index (χ4v) is 3.06. The summed E-state index contributed by atoms with van der Waals surface area (Å²) in [5.41, 5.74) is 3.57. The highest BCUT2D eigenvalue weighted by molar-refractivity contribution is 7.99. The number of benzene rings is 2. The molecule has 2 aromatic carbocycles. The number of hydrogen-bond acceptors (Lipinski definition) is 4. The summed E-state index contributed by atoms with van der Waals surface area (Å²) < 4.78 is 0. The number of thioether (sulfide) groups is 1. The van der Waals surface area contributed by atoms with Crippen LogP contribution in [0.2, 0.25) is 5.02 Å². The number of anilines is 2. The van der Waals surface area contributed by atoms with Crippen LogP contribution in [0, 0.1) is 0 Å². The van der Waals surface area contributed by atoms with Crippen LogP contribution in [0.5, 0.6) is 0 Å². The van der Waals surface area contributed by atoms with Crippen molar-refractivity contribution < 1.29 is 4.79 Å². The summed E-state index contributed by atoms with van der Waals surface area (Å²) in [6.45, 7) is 0. The summed E-state index contributed by atoms with van der Waals surface area (Å²) in [7, 11) is 3.95. The number of carbonyl (C=O) groups excluding carboxylic acids is 1. The van der Waals surface area contributed by atoms with Gasteiger partial charge < -0.3 is 15.2 Å². The van der Waals surface area contributed by atoms with E-state index in [1.54, 1.807) is 6.07 Å². The molecule has 0 unspecified atom stereocenters. The Morgan fingerprint density at radius 2 is 2.00 bits per heavy atom. The molecule has 0 atom stereocenters. The van der Waals surface area contributed by atoms with Gasteiger partial charge >= 0.3 is 0 Å². The van der Waals surface area contributed by atoms with E-state index >= 15 is 0 Å². The van der Waals surface area contributed by atoms with Crippen LogP contribution in [0.25, 0.3) is 11.0 Å². The van der Waals surface area contributed by atoms with Gasteiger partial charge in [0.15, 0.2) is 5.16 Å². The van der Waals surface area contributed by atoms with Crippen molar-refractivity contribution >= 4 is 51.7 Å². The SMILES string of the molecule is CN(C)c1ccc(NC(=O)CSc2nc3ccc(Cl)cc3[nH]2)cc1. The first-order chi connectivity index (χ1) is 11.5. The second-order valence-electron chi connectivity index (χ2n) is 5.48. The topological polar surface area (TPSA) is 61.0 Å². The van der Waals surface area contributed by atoms with Crippen LogP contribution >= 0.6 is 23.4 Å². The number of nitrogens with zero attached hydrogens (tertiary/aromatic N) is 2. The number of fused-ring (bicyclic) bond motifs is 1. The lowest BCUT2D eigenvalue weighted by molar-refractivity contribution is -0.113. The minimum Gasteiger partial charge on any atom is -0.378 e. The minimum atomic E-state index is -0.0731. The Balaban J connectivity index is 1.58. The Labute approximate surface area is 149 Å². The maximum Gasteiger partial charge on any atom is 0.234 e. The molecule has 0 spiro atoms. The van der Waals surface area contributed by atoms with E-state index in [9.17, 15) is 4.79 Å². The summed E-state index contributed by atoms with van der Waals surface area (Å²) in [5, 5.41) is 4.23. The molecule has 0 saturated carbocycles. The van der Waals surface area contributed by atoms with E-state index in [1.165, 1.54) is 11.8 Å². The zero-order valence-corrected chi connectivity index (χ0v) is 14.9. The molecule has 2 N–H and O–H groups in total. The molecule has 1 amide bonds. The predicted octanol–water partition coefficient (Wildman–Crippen LogP) is 4.01. The van der Waals surface area contributed by atoms with Crippen molar-refractivity contribution in [1.29, 1.82) is 0 Å². The lowest BCUT2D eigenvalue weighted by Gasteiger charge is -2.12. The number of halogens is 1. The van der Waals surface area contributed by atoms with Gasteiger partial charge in [0.2, 0.25) is 5.91 Å². The second kappa shape index (κ2) is 7.15. The summed E-state index contributed by atoms with van der Waals surface area (Å²) in [6, 6.07) is 13.2. The number of aromatic amines is 1. The molecule has 5 nitrogen and oxygen atoms in total. The lowest BCUT2D eigenvalue weighted by Crippen LogP contribution is -2.14.